The zero-order chi connectivity index (χ0) is 53.0. The first kappa shape index (κ1) is 45.8. The van der Waals surface area contributed by atoms with Gasteiger partial charge in [0.15, 0.2) is 0 Å². The minimum atomic E-state index is 0.421. The van der Waals surface area contributed by atoms with Crippen LogP contribution in [0.25, 0.3) is 151 Å². The third-order valence-electron chi connectivity index (χ3n) is 16.2. The van der Waals surface area contributed by atoms with Gasteiger partial charge in [-0.2, -0.15) is 10.5 Å². The molecule has 0 amide bonds. The summed E-state index contributed by atoms with van der Waals surface area (Å²) in [5, 5.41) is 33.6. The van der Waals surface area contributed by atoms with Crippen molar-refractivity contribution >= 4 is 107 Å². The highest BCUT2D eigenvalue weighted by Gasteiger charge is 2.33. The Kier molecular flexibility index (Phi) is 10.4. The molecular weight excluding hydrogens is 1010 g/mol. The summed E-state index contributed by atoms with van der Waals surface area (Å²) >= 11 is 3.61. The zero-order valence-corrected chi connectivity index (χ0v) is 44.5. The molecule has 4 heterocycles. The fraction of sp³-hybridized carbons (Fsp3) is 0. The smallest absolute Gasteiger partial charge is 0.102 e. The van der Waals surface area contributed by atoms with Gasteiger partial charge in [0.05, 0.1) is 54.0 Å². The van der Waals surface area contributed by atoms with E-state index in [4.69, 9.17) is 0 Å². The molecule has 0 unspecified atom stereocenters. The number of benzene rings is 12. The molecule has 6 heteroatoms. The Hall–Kier alpha value is -10.3. The summed E-state index contributed by atoms with van der Waals surface area (Å²) in [4.78, 5) is 0. The number of nitrogens with zero attached hydrogens (tertiary/aromatic N) is 4. The molecule has 80 heavy (non-hydrogen) atoms. The van der Waals surface area contributed by atoms with Crippen LogP contribution in [0.15, 0.2) is 255 Å². The van der Waals surface area contributed by atoms with Crippen molar-refractivity contribution in [2.75, 3.05) is 0 Å². The summed E-state index contributed by atoms with van der Waals surface area (Å²) in [6.07, 6.45) is 0. The predicted molar refractivity (Wildman–Crippen MR) is 338 cm³/mol. The number of thiophene rings is 2. The van der Waals surface area contributed by atoms with Crippen LogP contribution in [0, 0.1) is 22.7 Å². The van der Waals surface area contributed by atoms with Crippen LogP contribution >= 0.6 is 22.7 Å². The van der Waals surface area contributed by atoms with E-state index in [0.29, 0.717) is 22.4 Å². The van der Waals surface area contributed by atoms with Gasteiger partial charge in [-0.15, -0.1) is 22.7 Å². The van der Waals surface area contributed by atoms with Crippen LogP contribution in [0.2, 0.25) is 0 Å². The third-order valence-corrected chi connectivity index (χ3v) is 18.6. The Labute approximate surface area is 468 Å². The van der Waals surface area contributed by atoms with E-state index in [2.05, 4.69) is 234 Å². The highest BCUT2D eigenvalue weighted by molar-refractivity contribution is 7.27. The van der Waals surface area contributed by atoms with Crippen LogP contribution in [0.3, 0.4) is 0 Å². The maximum absolute atomic E-state index is 12.4. The van der Waals surface area contributed by atoms with Crippen molar-refractivity contribution < 1.29 is 0 Å². The minimum absolute atomic E-state index is 0.421. The van der Waals surface area contributed by atoms with Crippen molar-refractivity contribution in [2.24, 2.45) is 0 Å². The molecule has 0 atom stereocenters. The van der Waals surface area contributed by atoms with Crippen LogP contribution in [-0.4, -0.2) is 9.13 Å². The van der Waals surface area contributed by atoms with E-state index in [1.54, 1.807) is 22.7 Å². The van der Waals surface area contributed by atoms with E-state index in [-0.39, 0.29) is 0 Å². The Balaban J connectivity index is 1.16. The number of hydrogen-bond donors (Lipinski definition) is 0. The molecule has 0 radical (unpaired) electrons. The van der Waals surface area contributed by atoms with Gasteiger partial charge in [-0.1, -0.05) is 224 Å². The van der Waals surface area contributed by atoms with Crippen molar-refractivity contribution in [1.82, 2.24) is 9.13 Å². The maximum atomic E-state index is 12.4. The van der Waals surface area contributed by atoms with E-state index in [1.165, 1.54) is 31.3 Å². The largest absolute Gasteiger partial charge is 0.307 e. The number of hydrogen-bond acceptors (Lipinski definition) is 4. The lowest BCUT2D eigenvalue weighted by Crippen LogP contribution is -2.11. The van der Waals surface area contributed by atoms with E-state index in [9.17, 15) is 10.5 Å². The van der Waals surface area contributed by atoms with Crippen molar-refractivity contribution in [3.8, 4) is 79.1 Å². The second-order valence-electron chi connectivity index (χ2n) is 20.4. The molecule has 0 saturated carbocycles. The quantitative estimate of drug-likeness (QED) is 0.160. The van der Waals surface area contributed by atoms with Crippen LogP contribution in [0.1, 0.15) is 11.1 Å². The van der Waals surface area contributed by atoms with E-state index >= 15 is 0 Å². The van der Waals surface area contributed by atoms with Gasteiger partial charge >= 0.3 is 0 Å². The zero-order valence-electron chi connectivity index (χ0n) is 42.9. The molecule has 0 saturated heterocycles. The molecule has 4 aromatic heterocycles. The van der Waals surface area contributed by atoms with Crippen LogP contribution in [0.4, 0.5) is 0 Å². The van der Waals surface area contributed by atoms with Crippen LogP contribution in [-0.2, 0) is 0 Å². The van der Waals surface area contributed by atoms with Gasteiger partial charge in [-0.05, 0) is 74.8 Å². The lowest BCUT2D eigenvalue weighted by molar-refractivity contribution is 1.13. The first-order valence-electron chi connectivity index (χ1n) is 26.8. The highest BCUT2D eigenvalue weighted by atomic mass is 32.1. The molecule has 0 bridgehead atoms. The molecule has 0 spiro atoms. The topological polar surface area (TPSA) is 57.4 Å². The predicted octanol–water partition coefficient (Wildman–Crippen LogP) is 20.7. The molecule has 4 nitrogen and oxygen atoms in total. The Morgan fingerprint density at radius 3 is 1.24 bits per heavy atom. The molecule has 0 aliphatic carbocycles. The lowest BCUT2D eigenvalue weighted by atomic mass is 9.86. The summed E-state index contributed by atoms with van der Waals surface area (Å²) in [5.41, 5.74) is 16.2. The fourth-order valence-corrected chi connectivity index (χ4v) is 15.4. The van der Waals surface area contributed by atoms with Crippen molar-refractivity contribution in [3.63, 3.8) is 0 Å². The van der Waals surface area contributed by atoms with Gasteiger partial charge in [0.1, 0.15) is 12.1 Å². The minimum Gasteiger partial charge on any atom is -0.307 e. The van der Waals surface area contributed by atoms with Gasteiger partial charge in [0.2, 0.25) is 0 Å². The Bertz CT molecular complexity index is 5120. The summed E-state index contributed by atoms with van der Waals surface area (Å²) in [6, 6.07) is 95.9. The molecule has 0 aliphatic heterocycles. The van der Waals surface area contributed by atoms with Gasteiger partial charge in [-0.25, -0.2) is 0 Å². The Morgan fingerprint density at radius 2 is 0.725 bits per heavy atom. The van der Waals surface area contributed by atoms with E-state index in [0.717, 1.165) is 108 Å². The van der Waals surface area contributed by atoms with Crippen molar-refractivity contribution in [1.29, 1.82) is 10.5 Å². The van der Waals surface area contributed by atoms with Crippen LogP contribution < -0.4 is 0 Å². The number of aromatic nitrogens is 2. The normalized spacial score (nSPS) is 11.7. The third kappa shape index (κ3) is 6.71. The molecule has 16 rings (SSSR count). The number of fused-ring (bicyclic) bond motifs is 14. The summed E-state index contributed by atoms with van der Waals surface area (Å²) in [5.74, 6) is 0. The van der Waals surface area contributed by atoms with E-state index < -0.39 is 0 Å². The first-order valence-corrected chi connectivity index (χ1v) is 28.4. The summed E-state index contributed by atoms with van der Waals surface area (Å²) in [6.45, 7) is 0. The molecular formula is C74H42N4S2. The fourth-order valence-electron chi connectivity index (χ4n) is 12.9. The average molecular weight is 1050 g/mol. The highest BCUT2D eigenvalue weighted by Crippen LogP contribution is 2.54. The first-order chi connectivity index (χ1) is 39.7. The summed E-state index contributed by atoms with van der Waals surface area (Å²) < 4.78 is 9.38. The van der Waals surface area contributed by atoms with Gasteiger partial charge < -0.3 is 9.13 Å². The average Bonchev–Trinajstić information content (AvgIpc) is 4.43. The molecule has 0 N–H and O–H groups in total. The molecule has 0 fully saturated rings. The standard InChI is InChI=1S/C74H42N4S2/c75-43-59-65(48-26-12-4-13-27-48)60(44-76)70(66(49-28-14-5-15-29-49)69(59)77-61-33-17-16-30-53(61)58-42-50(36-41-62(58)77)45-20-6-1-7-21-45)78-71-54(37-39-56-67-51(46-22-8-2-9-23-46)31-18-34-63(67)79-73(56)71)55-38-40-57-68-52(47-24-10-3-11-25-47)32-19-35-64(68)80-74(57)72(55)78/h1-42H. The van der Waals surface area contributed by atoms with Gasteiger partial charge in [0.25, 0.3) is 0 Å². The lowest BCUT2D eigenvalue weighted by Gasteiger charge is -2.25. The van der Waals surface area contributed by atoms with Crippen molar-refractivity contribution in [2.45, 2.75) is 0 Å². The Morgan fingerprint density at radius 1 is 0.300 bits per heavy atom. The number of nitriles is 2. The van der Waals surface area contributed by atoms with Crippen molar-refractivity contribution in [3.05, 3.63) is 266 Å². The summed E-state index contributed by atoms with van der Waals surface area (Å²) in [7, 11) is 0. The van der Waals surface area contributed by atoms with Gasteiger partial charge in [-0.3, -0.25) is 0 Å². The molecule has 16 aromatic rings. The number of rotatable bonds is 7. The van der Waals surface area contributed by atoms with E-state index in [1.807, 2.05) is 42.5 Å². The second kappa shape index (κ2) is 18.1. The monoisotopic (exact) mass is 1050 g/mol. The molecule has 370 valence electrons. The maximum Gasteiger partial charge on any atom is 0.102 e. The molecule has 12 aromatic carbocycles. The SMILES string of the molecule is N#Cc1c(-c2ccccc2)c(C#N)c(-n2c3c(ccc4c3sc3cccc(-c5ccccc5)c34)c3ccc4c(sc5cccc(-c6ccccc6)c54)c32)c(-c2ccccc2)c1-n1c2ccccc2c2cc(-c3ccccc3)ccc21. The number of para-hydroxylation sites is 1. The second-order valence-corrected chi connectivity index (χ2v) is 22.5. The van der Waals surface area contributed by atoms with Crippen LogP contribution in [0.5, 0.6) is 0 Å². The molecule has 0 aliphatic rings. The van der Waals surface area contributed by atoms with Gasteiger partial charge in [0, 0.05) is 63.6 Å².